The van der Waals surface area contributed by atoms with Crippen LogP contribution in [0.3, 0.4) is 0 Å². The number of halogens is 1. The van der Waals surface area contributed by atoms with Crippen LogP contribution in [0.1, 0.15) is 10.4 Å². The van der Waals surface area contributed by atoms with E-state index in [-0.39, 0.29) is 11.4 Å². The molecule has 0 atom stereocenters. The summed E-state index contributed by atoms with van der Waals surface area (Å²) in [7, 11) is 0. The molecule has 0 unspecified atom stereocenters. The molecular formula is C12H11ClO2S2. The quantitative estimate of drug-likeness (QED) is 0.272. The summed E-state index contributed by atoms with van der Waals surface area (Å²) < 4.78 is 0.722. The highest BCUT2D eigenvalue weighted by Gasteiger charge is 2.16. The van der Waals surface area contributed by atoms with E-state index in [0.29, 0.717) is 16.9 Å². The molecule has 0 fully saturated rings. The first-order valence-corrected chi connectivity index (χ1v) is 7.54. The lowest BCUT2D eigenvalue weighted by molar-refractivity contribution is -0.104. The Bertz CT molecular complexity index is 446. The van der Waals surface area contributed by atoms with Crippen molar-refractivity contribution in [3.8, 4) is 0 Å². The first-order valence-electron chi connectivity index (χ1n) is 4.71. The molecule has 0 spiro atoms. The highest BCUT2D eigenvalue weighted by Crippen LogP contribution is 2.28. The number of hydrogen-bond acceptors (Lipinski definition) is 4. The van der Waals surface area contributed by atoms with Crippen molar-refractivity contribution < 1.29 is 9.59 Å². The van der Waals surface area contributed by atoms with Crippen LogP contribution < -0.4 is 0 Å². The van der Waals surface area contributed by atoms with E-state index in [1.54, 1.807) is 24.3 Å². The lowest BCUT2D eigenvalue weighted by Gasteiger charge is -2.05. The maximum absolute atomic E-state index is 12.1. The molecule has 0 radical (unpaired) electrons. The topological polar surface area (TPSA) is 34.1 Å². The van der Waals surface area contributed by atoms with Crippen LogP contribution in [0.5, 0.6) is 0 Å². The summed E-state index contributed by atoms with van der Waals surface area (Å²) in [6, 6.07) is 6.50. The number of carbonyl (C=O) groups is 2. The Labute approximate surface area is 114 Å². The fourth-order valence-corrected chi connectivity index (χ4v) is 2.77. The number of thioether (sulfide) groups is 2. The van der Waals surface area contributed by atoms with Gasteiger partial charge in [0.05, 0.1) is 9.81 Å². The van der Waals surface area contributed by atoms with Crippen LogP contribution in [0.2, 0.25) is 5.02 Å². The zero-order chi connectivity index (χ0) is 12.8. The number of carbonyl (C=O) groups excluding carboxylic acids is 2. The minimum absolute atomic E-state index is 0.201. The van der Waals surface area contributed by atoms with Crippen LogP contribution in [0.4, 0.5) is 0 Å². The van der Waals surface area contributed by atoms with Crippen LogP contribution in [0.25, 0.3) is 0 Å². The number of benzene rings is 1. The smallest absolute Gasteiger partial charge is 0.197 e. The minimum Gasteiger partial charge on any atom is -0.298 e. The van der Waals surface area contributed by atoms with Gasteiger partial charge >= 0.3 is 0 Å². The first kappa shape index (κ1) is 14.4. The number of hydrogen-bond donors (Lipinski definition) is 0. The van der Waals surface area contributed by atoms with Gasteiger partial charge in [-0.25, -0.2) is 0 Å². The first-order chi connectivity index (χ1) is 8.13. The fourth-order valence-electron chi connectivity index (χ4n) is 1.25. The average Bonchev–Trinajstić information content (AvgIpc) is 2.36. The normalized spacial score (nSPS) is 9.82. The Morgan fingerprint density at radius 1 is 1.18 bits per heavy atom. The Kier molecular flexibility index (Phi) is 5.82. The summed E-state index contributed by atoms with van der Waals surface area (Å²) in [4.78, 5) is 23.1. The van der Waals surface area contributed by atoms with E-state index in [0.717, 1.165) is 4.24 Å². The number of allylic oxidation sites excluding steroid dienone is 1. The van der Waals surface area contributed by atoms with Gasteiger partial charge in [0, 0.05) is 10.6 Å². The molecule has 0 saturated heterocycles. The molecule has 0 saturated carbocycles. The molecule has 1 aromatic rings. The third kappa shape index (κ3) is 3.63. The van der Waals surface area contributed by atoms with Crippen LogP contribution in [-0.2, 0) is 4.79 Å². The van der Waals surface area contributed by atoms with Crippen LogP contribution in [-0.4, -0.2) is 24.6 Å². The van der Waals surface area contributed by atoms with E-state index in [9.17, 15) is 9.59 Å². The van der Waals surface area contributed by atoms with Crippen molar-refractivity contribution in [1.82, 2.24) is 0 Å². The van der Waals surface area contributed by atoms with E-state index in [1.165, 1.54) is 23.5 Å². The predicted octanol–water partition coefficient (Wildman–Crippen LogP) is 3.66. The minimum atomic E-state index is -0.268. The summed E-state index contributed by atoms with van der Waals surface area (Å²) in [5.41, 5.74) is 0.671. The lowest BCUT2D eigenvalue weighted by atomic mass is 10.1. The maximum Gasteiger partial charge on any atom is 0.197 e. The summed E-state index contributed by atoms with van der Waals surface area (Å²) >= 11 is 8.53. The van der Waals surface area contributed by atoms with Crippen molar-refractivity contribution in [2.75, 3.05) is 12.5 Å². The van der Waals surface area contributed by atoms with Crippen molar-refractivity contribution in [3.63, 3.8) is 0 Å². The fraction of sp³-hybridized carbons (Fsp3) is 0.167. The Morgan fingerprint density at radius 2 is 1.71 bits per heavy atom. The van der Waals surface area contributed by atoms with E-state index in [1.807, 2.05) is 12.5 Å². The molecule has 90 valence electrons. The van der Waals surface area contributed by atoms with Crippen molar-refractivity contribution in [1.29, 1.82) is 0 Å². The zero-order valence-electron chi connectivity index (χ0n) is 9.40. The number of aldehydes is 1. The molecule has 17 heavy (non-hydrogen) atoms. The molecular weight excluding hydrogens is 276 g/mol. The molecule has 0 N–H and O–H groups in total. The van der Waals surface area contributed by atoms with Gasteiger partial charge in [0.2, 0.25) is 0 Å². The molecule has 0 aromatic heterocycles. The van der Waals surface area contributed by atoms with E-state index in [4.69, 9.17) is 11.6 Å². The van der Waals surface area contributed by atoms with Crippen molar-refractivity contribution in [2.45, 2.75) is 0 Å². The second kappa shape index (κ2) is 6.89. The van der Waals surface area contributed by atoms with Gasteiger partial charge in [-0.05, 0) is 36.8 Å². The van der Waals surface area contributed by atoms with E-state index in [2.05, 4.69) is 0 Å². The van der Waals surface area contributed by atoms with Gasteiger partial charge in [0.1, 0.15) is 0 Å². The summed E-state index contributed by atoms with van der Waals surface area (Å²) in [5, 5.41) is 0.563. The third-order valence-corrected chi connectivity index (χ3v) is 4.49. The number of Topliss-reactive ketones (excluding diaryl/α,β-unsaturated/α-hetero) is 1. The largest absolute Gasteiger partial charge is 0.298 e. The monoisotopic (exact) mass is 286 g/mol. The van der Waals surface area contributed by atoms with Crippen LogP contribution >= 0.6 is 35.1 Å². The van der Waals surface area contributed by atoms with Gasteiger partial charge < -0.3 is 0 Å². The summed E-state index contributed by atoms with van der Waals surface area (Å²) in [6.07, 6.45) is 4.29. The molecule has 2 nitrogen and oxygen atoms in total. The zero-order valence-corrected chi connectivity index (χ0v) is 11.8. The summed E-state index contributed by atoms with van der Waals surface area (Å²) in [6.45, 7) is 0. The predicted molar refractivity (Wildman–Crippen MR) is 75.9 cm³/mol. The van der Waals surface area contributed by atoms with Gasteiger partial charge in [-0.15, -0.1) is 23.5 Å². The molecule has 1 rings (SSSR count). The standard InChI is InChI=1S/C12H11ClO2S2/c1-16-12(17-2)10(7-14)11(15)8-3-5-9(13)6-4-8/h3-7H,1-2H3. The van der Waals surface area contributed by atoms with Gasteiger partial charge in [0.15, 0.2) is 12.1 Å². The van der Waals surface area contributed by atoms with Gasteiger partial charge in [-0.3, -0.25) is 9.59 Å². The number of ketones is 1. The summed E-state index contributed by atoms with van der Waals surface area (Å²) in [5.74, 6) is -0.268. The SMILES string of the molecule is CSC(SC)=C(C=O)C(=O)c1ccc(Cl)cc1. The van der Waals surface area contributed by atoms with Gasteiger partial charge in [0.25, 0.3) is 0 Å². The molecule has 0 bridgehead atoms. The highest BCUT2D eigenvalue weighted by atomic mass is 35.5. The second-order valence-corrected chi connectivity index (χ2v) is 5.39. The molecule has 5 heteroatoms. The Hall–Kier alpha value is -0.710. The van der Waals surface area contributed by atoms with Gasteiger partial charge in [-0.2, -0.15) is 0 Å². The van der Waals surface area contributed by atoms with Crippen molar-refractivity contribution in [2.24, 2.45) is 0 Å². The molecule has 1 aromatic carbocycles. The van der Waals surface area contributed by atoms with Crippen LogP contribution in [0, 0.1) is 0 Å². The molecule has 0 aliphatic carbocycles. The average molecular weight is 287 g/mol. The second-order valence-electron chi connectivity index (χ2n) is 3.06. The van der Waals surface area contributed by atoms with Gasteiger partial charge in [-0.1, -0.05) is 11.6 Å². The Balaban J connectivity index is 3.14. The molecule has 0 aliphatic heterocycles. The highest BCUT2D eigenvalue weighted by molar-refractivity contribution is 8.21. The number of rotatable bonds is 5. The maximum atomic E-state index is 12.1. The van der Waals surface area contributed by atoms with Crippen LogP contribution in [0.15, 0.2) is 34.1 Å². The lowest BCUT2D eigenvalue weighted by Crippen LogP contribution is -2.06. The van der Waals surface area contributed by atoms with Crippen molar-refractivity contribution >= 4 is 47.2 Å². The van der Waals surface area contributed by atoms with E-state index < -0.39 is 0 Å². The van der Waals surface area contributed by atoms with E-state index >= 15 is 0 Å². The molecule has 0 heterocycles. The van der Waals surface area contributed by atoms with Crippen molar-refractivity contribution in [3.05, 3.63) is 44.7 Å². The molecule has 0 aliphatic rings. The third-order valence-electron chi connectivity index (χ3n) is 2.06. The molecule has 0 amide bonds. The Morgan fingerprint density at radius 3 is 2.12 bits per heavy atom.